The third-order valence-electron chi connectivity index (χ3n) is 4.18. The van der Waals surface area contributed by atoms with Crippen LogP contribution < -0.4 is 4.90 Å². The Kier molecular flexibility index (Phi) is 4.51. The van der Waals surface area contributed by atoms with Crippen molar-refractivity contribution in [3.63, 3.8) is 0 Å². The van der Waals surface area contributed by atoms with Crippen molar-refractivity contribution in [2.24, 2.45) is 0 Å². The van der Waals surface area contributed by atoms with Gasteiger partial charge in [-0.25, -0.2) is 0 Å². The monoisotopic (exact) mass is 331 g/mol. The molecule has 23 heavy (non-hydrogen) atoms. The van der Waals surface area contributed by atoms with Crippen molar-refractivity contribution in [2.75, 3.05) is 31.1 Å². The van der Waals surface area contributed by atoms with Gasteiger partial charge >= 0.3 is 0 Å². The van der Waals surface area contributed by atoms with Crippen LogP contribution in [-0.4, -0.2) is 41.2 Å². The highest BCUT2D eigenvalue weighted by molar-refractivity contribution is 6.30. The van der Waals surface area contributed by atoms with Crippen LogP contribution in [0.15, 0.2) is 22.7 Å². The summed E-state index contributed by atoms with van der Waals surface area (Å²) in [5, 5.41) is 13.7. The lowest BCUT2D eigenvalue weighted by Crippen LogP contribution is -2.47. The van der Waals surface area contributed by atoms with Gasteiger partial charge in [-0.2, -0.15) is 10.2 Å². The van der Waals surface area contributed by atoms with E-state index in [0.717, 1.165) is 31.9 Å². The lowest BCUT2D eigenvalue weighted by Gasteiger charge is -2.38. The number of aromatic nitrogens is 2. The van der Waals surface area contributed by atoms with Gasteiger partial charge in [0.25, 0.3) is 0 Å². The predicted octanol–water partition coefficient (Wildman–Crippen LogP) is 2.79. The van der Waals surface area contributed by atoms with Gasteiger partial charge in [-0.1, -0.05) is 16.8 Å². The number of halogens is 1. The molecule has 0 N–H and O–H groups in total. The van der Waals surface area contributed by atoms with Crippen molar-refractivity contribution < 1.29 is 4.52 Å². The molecule has 1 unspecified atom stereocenters. The van der Waals surface area contributed by atoms with Gasteiger partial charge in [0.15, 0.2) is 5.82 Å². The van der Waals surface area contributed by atoms with E-state index in [-0.39, 0.29) is 6.04 Å². The molecule has 0 bridgehead atoms. The molecule has 2 aromatic rings. The largest absolute Gasteiger partial charge is 0.368 e. The van der Waals surface area contributed by atoms with E-state index in [1.54, 1.807) is 6.07 Å². The van der Waals surface area contributed by atoms with Crippen LogP contribution >= 0.6 is 11.6 Å². The van der Waals surface area contributed by atoms with E-state index in [4.69, 9.17) is 16.1 Å². The maximum absolute atomic E-state index is 9.29. The third kappa shape index (κ3) is 3.31. The molecule has 2 heterocycles. The second-order valence-electron chi connectivity index (χ2n) is 5.65. The second-order valence-corrected chi connectivity index (χ2v) is 6.09. The second kappa shape index (κ2) is 6.57. The van der Waals surface area contributed by atoms with Crippen molar-refractivity contribution in [3.8, 4) is 6.07 Å². The standard InChI is InChI=1S/C16H18ClN5O/c1-11(16-19-12(2)20-23-16)21-5-7-22(8-6-21)15-4-3-14(17)9-13(15)10-18/h3-4,9,11H,5-8H2,1-2H3. The van der Waals surface area contributed by atoms with E-state index < -0.39 is 0 Å². The molecule has 0 amide bonds. The van der Waals surface area contributed by atoms with Crippen LogP contribution in [0.3, 0.4) is 0 Å². The number of hydrogen-bond acceptors (Lipinski definition) is 6. The van der Waals surface area contributed by atoms with Gasteiger partial charge in [0.1, 0.15) is 6.07 Å². The molecular weight excluding hydrogens is 314 g/mol. The predicted molar refractivity (Wildman–Crippen MR) is 87.4 cm³/mol. The third-order valence-corrected chi connectivity index (χ3v) is 4.42. The Morgan fingerprint density at radius 3 is 2.65 bits per heavy atom. The van der Waals surface area contributed by atoms with Gasteiger partial charge in [0.05, 0.1) is 17.3 Å². The van der Waals surface area contributed by atoms with Crippen LogP contribution in [0.4, 0.5) is 5.69 Å². The topological polar surface area (TPSA) is 69.2 Å². The summed E-state index contributed by atoms with van der Waals surface area (Å²) in [5.74, 6) is 1.31. The van der Waals surface area contributed by atoms with Gasteiger partial charge in [0, 0.05) is 31.2 Å². The number of rotatable bonds is 3. The molecule has 6 nitrogen and oxygen atoms in total. The fourth-order valence-electron chi connectivity index (χ4n) is 2.86. The first kappa shape index (κ1) is 15.8. The summed E-state index contributed by atoms with van der Waals surface area (Å²) in [6.45, 7) is 7.32. The van der Waals surface area contributed by atoms with Crippen LogP contribution in [0.1, 0.15) is 30.2 Å². The van der Waals surface area contributed by atoms with Crippen LogP contribution in [0.2, 0.25) is 5.02 Å². The summed E-state index contributed by atoms with van der Waals surface area (Å²) in [5.41, 5.74) is 1.56. The molecule has 0 saturated carbocycles. The maximum Gasteiger partial charge on any atom is 0.243 e. The molecular formula is C16H18ClN5O. The summed E-state index contributed by atoms with van der Waals surface area (Å²) >= 11 is 5.97. The van der Waals surface area contributed by atoms with Crippen LogP contribution in [0.5, 0.6) is 0 Å². The van der Waals surface area contributed by atoms with Crippen molar-refractivity contribution in [2.45, 2.75) is 19.9 Å². The molecule has 1 aliphatic rings. The number of nitriles is 1. The molecule has 3 rings (SSSR count). The summed E-state index contributed by atoms with van der Waals surface area (Å²) in [6, 6.07) is 7.78. The fourth-order valence-corrected chi connectivity index (χ4v) is 3.03. The zero-order valence-electron chi connectivity index (χ0n) is 13.2. The summed E-state index contributed by atoms with van der Waals surface area (Å²) < 4.78 is 5.27. The number of nitrogens with zero attached hydrogens (tertiary/aromatic N) is 5. The first-order chi connectivity index (χ1) is 11.1. The molecule has 1 atom stereocenters. The zero-order valence-corrected chi connectivity index (χ0v) is 13.9. The Labute approximate surface area is 140 Å². The Morgan fingerprint density at radius 1 is 1.30 bits per heavy atom. The van der Waals surface area contributed by atoms with Gasteiger partial charge in [-0.3, -0.25) is 4.90 Å². The van der Waals surface area contributed by atoms with E-state index >= 15 is 0 Å². The van der Waals surface area contributed by atoms with Crippen LogP contribution in [-0.2, 0) is 0 Å². The van der Waals surface area contributed by atoms with Crippen LogP contribution in [0.25, 0.3) is 0 Å². The maximum atomic E-state index is 9.29. The molecule has 0 aliphatic carbocycles. The Morgan fingerprint density at radius 2 is 2.04 bits per heavy atom. The minimum atomic E-state index is 0.0963. The van der Waals surface area contributed by atoms with E-state index in [0.29, 0.717) is 22.3 Å². The quantitative estimate of drug-likeness (QED) is 0.861. The minimum absolute atomic E-state index is 0.0963. The summed E-state index contributed by atoms with van der Waals surface area (Å²) in [6.07, 6.45) is 0. The van der Waals surface area contributed by atoms with Gasteiger partial charge in [-0.15, -0.1) is 0 Å². The number of benzene rings is 1. The molecule has 0 radical (unpaired) electrons. The van der Waals surface area contributed by atoms with Gasteiger partial charge in [0.2, 0.25) is 5.89 Å². The van der Waals surface area contributed by atoms with Gasteiger partial charge < -0.3 is 9.42 Å². The molecule has 1 aromatic heterocycles. The zero-order chi connectivity index (χ0) is 16.4. The minimum Gasteiger partial charge on any atom is -0.368 e. The number of aryl methyl sites for hydroxylation is 1. The van der Waals surface area contributed by atoms with E-state index in [2.05, 4.69) is 32.9 Å². The van der Waals surface area contributed by atoms with E-state index in [1.165, 1.54) is 0 Å². The van der Waals surface area contributed by atoms with Gasteiger partial charge in [-0.05, 0) is 32.0 Å². The Bertz CT molecular complexity index is 730. The molecule has 120 valence electrons. The van der Waals surface area contributed by atoms with E-state index in [1.807, 2.05) is 19.1 Å². The van der Waals surface area contributed by atoms with Crippen molar-refractivity contribution in [3.05, 3.63) is 40.5 Å². The highest BCUT2D eigenvalue weighted by Gasteiger charge is 2.26. The lowest BCUT2D eigenvalue weighted by atomic mass is 10.1. The lowest BCUT2D eigenvalue weighted by molar-refractivity contribution is 0.164. The molecule has 1 aliphatic heterocycles. The highest BCUT2D eigenvalue weighted by Crippen LogP contribution is 2.27. The number of hydrogen-bond donors (Lipinski definition) is 0. The Balaban J connectivity index is 1.68. The molecule has 7 heteroatoms. The average Bonchev–Trinajstić information content (AvgIpc) is 3.00. The smallest absolute Gasteiger partial charge is 0.243 e. The molecule has 0 spiro atoms. The average molecular weight is 332 g/mol. The molecule has 1 aromatic carbocycles. The summed E-state index contributed by atoms with van der Waals surface area (Å²) in [7, 11) is 0. The fraction of sp³-hybridized carbons (Fsp3) is 0.438. The summed E-state index contributed by atoms with van der Waals surface area (Å²) in [4.78, 5) is 8.84. The first-order valence-corrected chi connectivity index (χ1v) is 7.95. The highest BCUT2D eigenvalue weighted by atomic mass is 35.5. The van der Waals surface area contributed by atoms with Crippen molar-refractivity contribution >= 4 is 17.3 Å². The Hall–Kier alpha value is -2.10. The molecule has 1 saturated heterocycles. The van der Waals surface area contributed by atoms with Crippen molar-refractivity contribution in [1.29, 1.82) is 5.26 Å². The van der Waals surface area contributed by atoms with Crippen LogP contribution in [0, 0.1) is 18.3 Å². The number of piperazine rings is 1. The first-order valence-electron chi connectivity index (χ1n) is 7.57. The number of anilines is 1. The SMILES string of the molecule is Cc1noc(C(C)N2CCN(c3ccc(Cl)cc3C#N)CC2)n1. The normalized spacial score (nSPS) is 17.0. The molecule has 1 fully saturated rings. The van der Waals surface area contributed by atoms with Crippen molar-refractivity contribution in [1.82, 2.24) is 15.0 Å². The van der Waals surface area contributed by atoms with E-state index in [9.17, 15) is 5.26 Å².